The maximum atomic E-state index is 6.18. The van der Waals surface area contributed by atoms with Crippen LogP contribution in [-0.4, -0.2) is 15.3 Å². The first-order chi connectivity index (χ1) is 26.7. The predicted molar refractivity (Wildman–Crippen MR) is 222 cm³/mol. The molecule has 54 heavy (non-hydrogen) atoms. The maximum absolute atomic E-state index is 6.18. The van der Waals surface area contributed by atoms with Crippen molar-refractivity contribution in [2.75, 3.05) is 4.90 Å². The van der Waals surface area contributed by atoms with Crippen LogP contribution >= 0.6 is 0 Å². The van der Waals surface area contributed by atoms with Crippen molar-refractivity contribution in [3.8, 4) is 17.0 Å². The second-order valence-electron chi connectivity index (χ2n) is 13.9. The molecule has 10 aromatic rings. The first-order valence-corrected chi connectivity index (χ1v) is 18.3. The minimum atomic E-state index is 0.781. The van der Waals surface area contributed by atoms with Gasteiger partial charge in [-0.15, -0.1) is 0 Å². The van der Waals surface area contributed by atoms with Crippen LogP contribution in [0, 0.1) is 0 Å². The van der Waals surface area contributed by atoms with Gasteiger partial charge >= 0.3 is 0 Å². The van der Waals surface area contributed by atoms with Gasteiger partial charge in [0, 0.05) is 57.8 Å². The lowest BCUT2D eigenvalue weighted by Gasteiger charge is -2.26. The Morgan fingerprint density at radius 1 is 0.537 bits per heavy atom. The highest BCUT2D eigenvalue weighted by Gasteiger charge is 2.20. The van der Waals surface area contributed by atoms with Gasteiger partial charge in [0.15, 0.2) is 5.58 Å². The SMILES string of the molecule is c1ccc(-n2c3ccc(N(c4ccc(C5=Nc6ccccc6C5)cc4)c4ccc(-c5cc6ncccc6o5)cc4)cc3c3cc4ccccc4cc32)cc1. The molecule has 0 radical (unpaired) electrons. The number of benzene rings is 7. The summed E-state index contributed by atoms with van der Waals surface area (Å²) in [6.45, 7) is 0. The first kappa shape index (κ1) is 30.4. The fraction of sp³-hybridized carbons (Fsp3) is 0.0204. The quantitative estimate of drug-likeness (QED) is 0.174. The number of aliphatic imine (C=N–C) groups is 1. The standard InChI is InChI=1S/C49H32N4O/c1-2-12-37(13-3-1)53-46-25-24-40(30-42(46)41-27-34-9-4-5-10-35(34)29-47(41)53)52(38-20-16-32(17-21-38)44-28-36-11-6-7-14-43(36)51-44)39-22-18-33(19-23-39)49-31-45-48(54-49)15-8-26-50-45/h1-27,29-31H,28H2. The molecule has 0 amide bonds. The third kappa shape index (κ3) is 5.01. The molecular formula is C49H32N4O. The van der Waals surface area contributed by atoms with Gasteiger partial charge in [-0.1, -0.05) is 72.8 Å². The number of para-hydroxylation sites is 2. The molecule has 3 aromatic heterocycles. The van der Waals surface area contributed by atoms with E-state index < -0.39 is 0 Å². The van der Waals surface area contributed by atoms with Gasteiger partial charge in [-0.3, -0.25) is 9.98 Å². The van der Waals surface area contributed by atoms with Crippen molar-refractivity contribution >= 4 is 72.1 Å². The van der Waals surface area contributed by atoms with Gasteiger partial charge in [0.05, 0.1) is 22.4 Å². The Labute approximate surface area is 311 Å². The van der Waals surface area contributed by atoms with E-state index in [4.69, 9.17) is 9.41 Å². The lowest BCUT2D eigenvalue weighted by molar-refractivity contribution is 0.631. The van der Waals surface area contributed by atoms with Crippen molar-refractivity contribution in [1.82, 2.24) is 9.55 Å². The molecule has 0 N–H and O–H groups in total. The minimum absolute atomic E-state index is 0.781. The molecule has 5 nitrogen and oxygen atoms in total. The normalized spacial score (nSPS) is 12.5. The number of anilines is 3. The number of pyridine rings is 1. The zero-order chi connectivity index (χ0) is 35.6. The van der Waals surface area contributed by atoms with Gasteiger partial charge in [0.1, 0.15) is 11.3 Å². The topological polar surface area (TPSA) is 46.6 Å². The van der Waals surface area contributed by atoms with Gasteiger partial charge in [-0.05, 0) is 119 Å². The van der Waals surface area contributed by atoms with Crippen molar-refractivity contribution in [3.05, 3.63) is 193 Å². The molecule has 0 aliphatic carbocycles. The molecule has 0 spiro atoms. The van der Waals surface area contributed by atoms with E-state index >= 15 is 0 Å². The molecular weight excluding hydrogens is 661 g/mol. The molecule has 0 saturated heterocycles. The Morgan fingerprint density at radius 2 is 1.22 bits per heavy atom. The zero-order valence-corrected chi connectivity index (χ0v) is 29.2. The average molecular weight is 693 g/mol. The van der Waals surface area contributed by atoms with E-state index in [1.807, 2.05) is 18.2 Å². The summed E-state index contributed by atoms with van der Waals surface area (Å²) in [5.74, 6) is 0.798. The Bertz CT molecular complexity index is 3030. The maximum Gasteiger partial charge on any atom is 0.153 e. The van der Waals surface area contributed by atoms with E-state index in [-0.39, 0.29) is 0 Å². The summed E-state index contributed by atoms with van der Waals surface area (Å²) in [7, 11) is 0. The molecule has 0 fully saturated rings. The molecule has 0 bridgehead atoms. The molecule has 1 aliphatic heterocycles. The van der Waals surface area contributed by atoms with Crippen LogP contribution in [0.4, 0.5) is 22.7 Å². The molecule has 11 rings (SSSR count). The number of rotatable bonds is 6. The minimum Gasteiger partial charge on any atom is -0.454 e. The van der Waals surface area contributed by atoms with Crippen LogP contribution in [-0.2, 0) is 6.42 Å². The number of hydrogen-bond acceptors (Lipinski definition) is 4. The van der Waals surface area contributed by atoms with Crippen LogP contribution in [0.15, 0.2) is 192 Å². The second kappa shape index (κ2) is 12.2. The molecule has 1 aliphatic rings. The van der Waals surface area contributed by atoms with E-state index in [9.17, 15) is 0 Å². The molecule has 0 saturated carbocycles. The van der Waals surface area contributed by atoms with Gasteiger partial charge in [-0.25, -0.2) is 0 Å². The highest BCUT2D eigenvalue weighted by atomic mass is 16.3. The Balaban J connectivity index is 1.07. The summed E-state index contributed by atoms with van der Waals surface area (Å²) in [6.07, 6.45) is 2.64. The van der Waals surface area contributed by atoms with Gasteiger partial charge in [0.25, 0.3) is 0 Å². The first-order valence-electron chi connectivity index (χ1n) is 18.3. The fourth-order valence-corrected chi connectivity index (χ4v) is 8.03. The van der Waals surface area contributed by atoms with E-state index in [1.54, 1.807) is 6.20 Å². The third-order valence-electron chi connectivity index (χ3n) is 10.6. The van der Waals surface area contributed by atoms with Crippen LogP contribution < -0.4 is 4.90 Å². The number of nitrogens with zero attached hydrogens (tertiary/aromatic N) is 4. The van der Waals surface area contributed by atoms with Crippen LogP contribution in [0.3, 0.4) is 0 Å². The van der Waals surface area contributed by atoms with Crippen LogP contribution in [0.1, 0.15) is 11.1 Å². The Morgan fingerprint density at radius 3 is 2.00 bits per heavy atom. The van der Waals surface area contributed by atoms with Crippen molar-refractivity contribution < 1.29 is 4.42 Å². The summed E-state index contributed by atoms with van der Waals surface area (Å²) < 4.78 is 8.56. The predicted octanol–water partition coefficient (Wildman–Crippen LogP) is 12.9. The summed E-state index contributed by atoms with van der Waals surface area (Å²) in [4.78, 5) is 11.8. The van der Waals surface area contributed by atoms with E-state index in [0.717, 1.165) is 68.6 Å². The van der Waals surface area contributed by atoms with Gasteiger partial charge < -0.3 is 13.9 Å². The smallest absolute Gasteiger partial charge is 0.153 e. The number of fused-ring (bicyclic) bond motifs is 6. The third-order valence-corrected chi connectivity index (χ3v) is 10.6. The van der Waals surface area contributed by atoms with Crippen molar-refractivity contribution in [1.29, 1.82) is 0 Å². The van der Waals surface area contributed by atoms with E-state index in [1.165, 1.54) is 38.1 Å². The summed E-state index contributed by atoms with van der Waals surface area (Å²) in [5.41, 5.74) is 13.9. The lowest BCUT2D eigenvalue weighted by Crippen LogP contribution is -2.10. The Kier molecular flexibility index (Phi) is 6.85. The summed E-state index contributed by atoms with van der Waals surface area (Å²) in [5, 5.41) is 4.87. The fourth-order valence-electron chi connectivity index (χ4n) is 8.03. The monoisotopic (exact) mass is 692 g/mol. The molecule has 5 heteroatoms. The van der Waals surface area contributed by atoms with Crippen LogP contribution in [0.25, 0.3) is 60.7 Å². The number of hydrogen-bond donors (Lipinski definition) is 0. The molecule has 4 heterocycles. The lowest BCUT2D eigenvalue weighted by atomic mass is 10.0. The summed E-state index contributed by atoms with van der Waals surface area (Å²) in [6, 6.07) is 62.5. The molecule has 0 unspecified atom stereocenters. The van der Waals surface area contributed by atoms with Crippen molar-refractivity contribution in [2.45, 2.75) is 6.42 Å². The van der Waals surface area contributed by atoms with Gasteiger partial charge in [0.2, 0.25) is 0 Å². The largest absolute Gasteiger partial charge is 0.454 e. The highest BCUT2D eigenvalue weighted by molar-refractivity contribution is 6.14. The highest BCUT2D eigenvalue weighted by Crippen LogP contribution is 2.42. The van der Waals surface area contributed by atoms with Crippen LogP contribution in [0.5, 0.6) is 0 Å². The van der Waals surface area contributed by atoms with Gasteiger partial charge in [-0.2, -0.15) is 0 Å². The Hall–Kier alpha value is -7.24. The van der Waals surface area contributed by atoms with E-state index in [0.29, 0.717) is 0 Å². The molecule has 0 atom stereocenters. The van der Waals surface area contributed by atoms with E-state index in [2.05, 4.69) is 172 Å². The summed E-state index contributed by atoms with van der Waals surface area (Å²) >= 11 is 0. The molecule has 254 valence electrons. The number of aromatic nitrogens is 2. The molecule has 7 aromatic carbocycles. The zero-order valence-electron chi connectivity index (χ0n) is 29.2. The average Bonchev–Trinajstić information content (AvgIpc) is 3.95. The number of furan rings is 1. The second-order valence-corrected chi connectivity index (χ2v) is 13.9. The van der Waals surface area contributed by atoms with Crippen molar-refractivity contribution in [3.63, 3.8) is 0 Å². The van der Waals surface area contributed by atoms with Crippen molar-refractivity contribution in [2.24, 2.45) is 4.99 Å². The van der Waals surface area contributed by atoms with Crippen LogP contribution in [0.2, 0.25) is 0 Å².